The molecule has 1 aliphatic rings. The first-order valence-electron chi connectivity index (χ1n) is 8.75. The molecular weight excluding hydrogens is 390 g/mol. The van der Waals surface area contributed by atoms with E-state index >= 15 is 0 Å². The van der Waals surface area contributed by atoms with Crippen LogP contribution in [0.5, 0.6) is 0 Å². The van der Waals surface area contributed by atoms with E-state index < -0.39 is 34.5 Å². The van der Waals surface area contributed by atoms with Gasteiger partial charge in [0.05, 0.1) is 11.0 Å². The van der Waals surface area contributed by atoms with E-state index in [2.05, 4.69) is 5.32 Å². The van der Waals surface area contributed by atoms with Crippen LogP contribution >= 0.6 is 0 Å². The first-order valence-corrected chi connectivity index (χ1v) is 10.2. The van der Waals surface area contributed by atoms with E-state index in [-0.39, 0.29) is 34.8 Å². The zero-order valence-electron chi connectivity index (χ0n) is 14.9. The number of benzene rings is 2. The SMILES string of the molecule is O=C(Nc1ccc(F)c(CF)c1)c1cccc(S(=O)(=O)N2CCC(O)CC2)c1. The van der Waals surface area contributed by atoms with Gasteiger partial charge in [-0.15, -0.1) is 0 Å². The molecule has 0 aliphatic carbocycles. The molecule has 6 nitrogen and oxygen atoms in total. The molecule has 1 heterocycles. The highest BCUT2D eigenvalue weighted by Crippen LogP contribution is 2.22. The van der Waals surface area contributed by atoms with Crippen LogP contribution in [-0.2, 0) is 16.7 Å². The number of nitrogens with one attached hydrogen (secondary N) is 1. The fourth-order valence-electron chi connectivity index (χ4n) is 2.99. The molecule has 1 aliphatic heterocycles. The fraction of sp³-hybridized carbons (Fsp3) is 0.316. The first-order chi connectivity index (χ1) is 13.3. The molecule has 2 aromatic carbocycles. The summed E-state index contributed by atoms with van der Waals surface area (Å²) in [4.78, 5) is 12.4. The Balaban J connectivity index is 1.80. The van der Waals surface area contributed by atoms with Crippen molar-refractivity contribution in [3.8, 4) is 0 Å². The average molecular weight is 410 g/mol. The second-order valence-electron chi connectivity index (χ2n) is 6.56. The minimum absolute atomic E-state index is 0.0277. The van der Waals surface area contributed by atoms with Gasteiger partial charge in [-0.2, -0.15) is 4.31 Å². The van der Waals surface area contributed by atoms with Crippen LogP contribution < -0.4 is 5.32 Å². The van der Waals surface area contributed by atoms with Crippen molar-refractivity contribution < 1.29 is 27.1 Å². The maximum Gasteiger partial charge on any atom is 0.255 e. The second-order valence-corrected chi connectivity index (χ2v) is 8.49. The number of alkyl halides is 1. The smallest absolute Gasteiger partial charge is 0.255 e. The number of carbonyl (C=O) groups excluding carboxylic acids is 1. The third kappa shape index (κ3) is 4.37. The Hall–Kier alpha value is -2.36. The number of nitrogens with zero attached hydrogens (tertiary/aromatic N) is 1. The third-order valence-corrected chi connectivity index (χ3v) is 6.50. The number of sulfonamides is 1. The van der Waals surface area contributed by atoms with Crippen LogP contribution in [0.15, 0.2) is 47.4 Å². The Morgan fingerprint density at radius 1 is 1.18 bits per heavy atom. The number of carbonyl (C=O) groups is 1. The van der Waals surface area contributed by atoms with Crippen LogP contribution in [0.3, 0.4) is 0 Å². The van der Waals surface area contributed by atoms with Gasteiger partial charge in [0, 0.05) is 29.9 Å². The number of hydrogen-bond acceptors (Lipinski definition) is 4. The van der Waals surface area contributed by atoms with E-state index in [1.165, 1.54) is 40.7 Å². The molecule has 0 radical (unpaired) electrons. The van der Waals surface area contributed by atoms with Gasteiger partial charge in [0.25, 0.3) is 5.91 Å². The summed E-state index contributed by atoms with van der Waals surface area (Å²) in [5, 5.41) is 12.1. The lowest BCUT2D eigenvalue weighted by atomic mass is 10.1. The summed E-state index contributed by atoms with van der Waals surface area (Å²) in [5.41, 5.74) is 0.128. The van der Waals surface area contributed by atoms with E-state index in [0.29, 0.717) is 12.8 Å². The topological polar surface area (TPSA) is 86.7 Å². The Morgan fingerprint density at radius 2 is 1.89 bits per heavy atom. The summed E-state index contributed by atoms with van der Waals surface area (Å²) < 4.78 is 53.0. The lowest BCUT2D eigenvalue weighted by Gasteiger charge is -2.28. The molecule has 0 aromatic heterocycles. The number of piperidine rings is 1. The van der Waals surface area contributed by atoms with Gasteiger partial charge >= 0.3 is 0 Å². The third-order valence-electron chi connectivity index (χ3n) is 4.61. The molecule has 1 amide bonds. The molecule has 150 valence electrons. The molecule has 0 atom stereocenters. The Kier molecular flexibility index (Phi) is 6.07. The minimum Gasteiger partial charge on any atom is -0.393 e. The predicted molar refractivity (Wildman–Crippen MR) is 99.6 cm³/mol. The fourth-order valence-corrected chi connectivity index (χ4v) is 4.50. The van der Waals surface area contributed by atoms with E-state index in [1.54, 1.807) is 0 Å². The quantitative estimate of drug-likeness (QED) is 0.794. The second kappa shape index (κ2) is 8.34. The van der Waals surface area contributed by atoms with Crippen molar-refractivity contribution in [3.63, 3.8) is 0 Å². The molecule has 2 N–H and O–H groups in total. The van der Waals surface area contributed by atoms with E-state index in [1.807, 2.05) is 0 Å². The molecule has 3 rings (SSSR count). The van der Waals surface area contributed by atoms with Gasteiger partial charge in [-0.1, -0.05) is 6.07 Å². The number of aliphatic hydroxyl groups is 1. The van der Waals surface area contributed by atoms with Crippen LogP contribution in [0.2, 0.25) is 0 Å². The summed E-state index contributed by atoms with van der Waals surface area (Å²) in [6.45, 7) is -0.586. The molecule has 0 unspecified atom stereocenters. The van der Waals surface area contributed by atoms with Crippen molar-refractivity contribution in [2.24, 2.45) is 0 Å². The molecular formula is C19H20F2N2O4S. The van der Waals surface area contributed by atoms with Gasteiger partial charge in [-0.05, 0) is 49.2 Å². The molecule has 1 fully saturated rings. The zero-order valence-corrected chi connectivity index (χ0v) is 15.8. The van der Waals surface area contributed by atoms with Crippen LogP contribution in [-0.4, -0.2) is 42.9 Å². The summed E-state index contributed by atoms with van der Waals surface area (Å²) in [7, 11) is -3.79. The van der Waals surface area contributed by atoms with Gasteiger partial charge in [-0.25, -0.2) is 17.2 Å². The minimum atomic E-state index is -3.79. The lowest BCUT2D eigenvalue weighted by molar-refractivity contribution is 0.102. The first kappa shape index (κ1) is 20.4. The molecule has 1 saturated heterocycles. The number of anilines is 1. The normalized spacial score (nSPS) is 16.1. The van der Waals surface area contributed by atoms with Crippen molar-refractivity contribution in [2.45, 2.75) is 30.5 Å². The van der Waals surface area contributed by atoms with Gasteiger partial charge < -0.3 is 10.4 Å². The summed E-state index contributed by atoms with van der Waals surface area (Å²) >= 11 is 0. The Morgan fingerprint density at radius 3 is 2.57 bits per heavy atom. The standard InChI is InChI=1S/C19H20F2N2O4S/c20-12-14-10-15(4-5-18(14)21)22-19(25)13-2-1-3-17(11-13)28(26,27)23-8-6-16(24)7-9-23/h1-5,10-11,16,24H,6-9,12H2,(H,22,25). The van der Waals surface area contributed by atoms with Crippen LogP contribution in [0.1, 0.15) is 28.8 Å². The van der Waals surface area contributed by atoms with Gasteiger partial charge in [0.15, 0.2) is 0 Å². The van der Waals surface area contributed by atoms with Crippen molar-refractivity contribution >= 4 is 21.6 Å². The Bertz CT molecular complexity index is 974. The largest absolute Gasteiger partial charge is 0.393 e. The zero-order chi connectivity index (χ0) is 20.3. The molecule has 0 spiro atoms. The highest BCUT2D eigenvalue weighted by atomic mass is 32.2. The molecule has 28 heavy (non-hydrogen) atoms. The molecule has 9 heteroatoms. The van der Waals surface area contributed by atoms with Crippen molar-refractivity contribution in [3.05, 3.63) is 59.4 Å². The predicted octanol–water partition coefficient (Wildman–Crippen LogP) is 2.69. The van der Waals surface area contributed by atoms with Gasteiger partial charge in [-0.3, -0.25) is 4.79 Å². The molecule has 0 bridgehead atoms. The number of hydrogen-bond donors (Lipinski definition) is 2. The number of rotatable bonds is 5. The number of halogens is 2. The van der Waals surface area contributed by atoms with Crippen molar-refractivity contribution in [1.29, 1.82) is 0 Å². The summed E-state index contributed by atoms with van der Waals surface area (Å²) in [6, 6.07) is 9.10. The van der Waals surface area contributed by atoms with Gasteiger partial charge in [0.1, 0.15) is 12.5 Å². The van der Waals surface area contributed by atoms with Crippen LogP contribution in [0.4, 0.5) is 14.5 Å². The van der Waals surface area contributed by atoms with Crippen molar-refractivity contribution in [2.75, 3.05) is 18.4 Å². The maximum absolute atomic E-state index is 13.4. The highest BCUT2D eigenvalue weighted by Gasteiger charge is 2.29. The van der Waals surface area contributed by atoms with E-state index in [0.717, 1.165) is 6.07 Å². The van der Waals surface area contributed by atoms with Crippen molar-refractivity contribution in [1.82, 2.24) is 4.31 Å². The average Bonchev–Trinajstić information content (AvgIpc) is 2.70. The number of amides is 1. The Labute approximate surface area is 161 Å². The molecule has 2 aromatic rings. The van der Waals surface area contributed by atoms with Crippen LogP contribution in [0, 0.1) is 5.82 Å². The van der Waals surface area contributed by atoms with Crippen LogP contribution in [0.25, 0.3) is 0 Å². The highest BCUT2D eigenvalue weighted by molar-refractivity contribution is 7.89. The lowest BCUT2D eigenvalue weighted by Crippen LogP contribution is -2.40. The summed E-state index contributed by atoms with van der Waals surface area (Å²) in [5.74, 6) is -1.30. The maximum atomic E-state index is 13.4. The molecule has 0 saturated carbocycles. The van der Waals surface area contributed by atoms with E-state index in [9.17, 15) is 27.1 Å². The summed E-state index contributed by atoms with van der Waals surface area (Å²) in [6.07, 6.45) is 0.218. The van der Waals surface area contributed by atoms with E-state index in [4.69, 9.17) is 0 Å². The number of aliphatic hydroxyl groups excluding tert-OH is 1. The van der Waals surface area contributed by atoms with Gasteiger partial charge in [0.2, 0.25) is 10.0 Å². The monoisotopic (exact) mass is 410 g/mol.